The fourth-order valence-electron chi connectivity index (χ4n) is 4.05. The van der Waals surface area contributed by atoms with Crippen molar-refractivity contribution in [1.29, 1.82) is 0 Å². The molecular formula is C25H42O3. The van der Waals surface area contributed by atoms with Crippen molar-refractivity contribution < 1.29 is 14.4 Å². The molecule has 28 heavy (non-hydrogen) atoms. The summed E-state index contributed by atoms with van der Waals surface area (Å²) in [5.74, 6) is -1.28. The highest BCUT2D eigenvalue weighted by molar-refractivity contribution is 6.20. The molecule has 0 amide bonds. The molecule has 0 unspecified atom stereocenters. The summed E-state index contributed by atoms with van der Waals surface area (Å²) in [5, 5.41) is 0. The van der Waals surface area contributed by atoms with E-state index in [-0.39, 0.29) is 23.3 Å². The third kappa shape index (κ3) is 10.9. The molecule has 0 atom stereocenters. The number of hydrogen-bond acceptors (Lipinski definition) is 3. The minimum Gasteiger partial charge on any atom is -0.298 e. The van der Waals surface area contributed by atoms with Crippen molar-refractivity contribution in [2.24, 2.45) is 11.8 Å². The minimum absolute atomic E-state index is 0.101. The lowest BCUT2D eigenvalue weighted by Gasteiger charge is -2.22. The van der Waals surface area contributed by atoms with Gasteiger partial charge in [-0.2, -0.15) is 0 Å². The summed E-state index contributed by atoms with van der Waals surface area (Å²) in [6, 6.07) is 0. The number of Topliss-reactive ketones (excluding diaryl/α,β-unsaturated/α-hetero) is 3. The predicted octanol–water partition coefficient (Wildman–Crippen LogP) is 6.78. The van der Waals surface area contributed by atoms with Crippen molar-refractivity contribution in [3.8, 4) is 0 Å². The summed E-state index contributed by atoms with van der Waals surface area (Å²) < 4.78 is 0. The number of hydrogen-bond donors (Lipinski definition) is 0. The monoisotopic (exact) mass is 390 g/mol. The Morgan fingerprint density at radius 1 is 0.786 bits per heavy atom. The molecule has 1 rings (SSSR count). The third-order valence-electron chi connectivity index (χ3n) is 5.75. The molecule has 3 nitrogen and oxygen atoms in total. The molecule has 0 aliphatic heterocycles. The Labute approximate surface area is 172 Å². The second-order valence-electron chi connectivity index (χ2n) is 8.68. The first-order chi connectivity index (χ1) is 13.6. The Morgan fingerprint density at radius 2 is 1.25 bits per heavy atom. The number of rotatable bonds is 16. The van der Waals surface area contributed by atoms with E-state index in [2.05, 4.69) is 19.1 Å². The van der Waals surface area contributed by atoms with Gasteiger partial charge in [-0.15, -0.1) is 0 Å². The van der Waals surface area contributed by atoms with E-state index in [0.717, 1.165) is 25.7 Å². The van der Waals surface area contributed by atoms with Crippen LogP contribution in [-0.2, 0) is 14.4 Å². The van der Waals surface area contributed by atoms with Crippen LogP contribution >= 0.6 is 0 Å². The SMILES string of the molecule is CCCCCCCC/C=C\CCCCCCCC(=O)C1C(=O)CC(C)CC1=O. The van der Waals surface area contributed by atoms with Crippen LogP contribution < -0.4 is 0 Å². The fraction of sp³-hybridized carbons (Fsp3) is 0.800. The molecule has 1 aliphatic carbocycles. The van der Waals surface area contributed by atoms with E-state index in [1.807, 2.05) is 6.92 Å². The zero-order valence-electron chi connectivity index (χ0n) is 18.3. The van der Waals surface area contributed by atoms with Gasteiger partial charge in [0.1, 0.15) is 5.92 Å². The molecule has 1 saturated carbocycles. The van der Waals surface area contributed by atoms with Gasteiger partial charge in [0.05, 0.1) is 0 Å². The number of allylic oxidation sites excluding steroid dienone is 2. The van der Waals surface area contributed by atoms with Gasteiger partial charge in [0.2, 0.25) is 0 Å². The first-order valence-corrected chi connectivity index (χ1v) is 11.8. The summed E-state index contributed by atoms with van der Waals surface area (Å²) in [7, 11) is 0. The zero-order valence-corrected chi connectivity index (χ0v) is 18.3. The first kappa shape index (κ1) is 24.8. The van der Waals surface area contributed by atoms with E-state index in [4.69, 9.17) is 0 Å². The Kier molecular flexibility index (Phi) is 13.9. The number of unbranched alkanes of at least 4 members (excludes halogenated alkanes) is 11. The van der Waals surface area contributed by atoms with Gasteiger partial charge >= 0.3 is 0 Å². The highest BCUT2D eigenvalue weighted by Crippen LogP contribution is 2.25. The number of ketones is 3. The van der Waals surface area contributed by atoms with E-state index < -0.39 is 5.92 Å². The van der Waals surface area contributed by atoms with E-state index in [0.29, 0.717) is 19.3 Å². The normalized spacial score (nSPS) is 20.2. The molecule has 1 fully saturated rings. The van der Waals surface area contributed by atoms with Gasteiger partial charge in [-0.3, -0.25) is 14.4 Å². The van der Waals surface area contributed by atoms with Crippen molar-refractivity contribution in [2.45, 2.75) is 117 Å². The molecule has 3 heteroatoms. The average molecular weight is 391 g/mol. The number of carbonyl (C=O) groups is 3. The van der Waals surface area contributed by atoms with Crippen molar-refractivity contribution in [3.05, 3.63) is 12.2 Å². The van der Waals surface area contributed by atoms with Gasteiger partial charge in [-0.05, 0) is 38.0 Å². The van der Waals surface area contributed by atoms with E-state index in [1.54, 1.807) is 0 Å². The van der Waals surface area contributed by atoms with Crippen LogP contribution in [0.5, 0.6) is 0 Å². The van der Waals surface area contributed by atoms with Crippen LogP contribution in [0, 0.1) is 11.8 Å². The van der Waals surface area contributed by atoms with Crippen LogP contribution in [0.4, 0.5) is 0 Å². The van der Waals surface area contributed by atoms with E-state index in [1.165, 1.54) is 57.8 Å². The molecule has 1 aliphatic rings. The lowest BCUT2D eigenvalue weighted by atomic mass is 9.78. The van der Waals surface area contributed by atoms with Crippen LogP contribution in [0.2, 0.25) is 0 Å². The maximum atomic E-state index is 12.2. The Hall–Kier alpha value is -1.25. The van der Waals surface area contributed by atoms with E-state index in [9.17, 15) is 14.4 Å². The summed E-state index contributed by atoms with van der Waals surface area (Å²) >= 11 is 0. The molecular weight excluding hydrogens is 348 g/mol. The van der Waals surface area contributed by atoms with Gasteiger partial charge in [0, 0.05) is 19.3 Å². The molecule has 0 heterocycles. The molecule has 0 spiro atoms. The summed E-state index contributed by atoms with van der Waals surface area (Å²) in [5.41, 5.74) is 0. The maximum Gasteiger partial charge on any atom is 0.151 e. The van der Waals surface area contributed by atoms with Crippen molar-refractivity contribution in [3.63, 3.8) is 0 Å². The zero-order chi connectivity index (χ0) is 20.6. The summed E-state index contributed by atoms with van der Waals surface area (Å²) in [6.45, 7) is 4.16. The summed E-state index contributed by atoms with van der Waals surface area (Å²) in [6.07, 6.45) is 21.6. The molecule has 0 aromatic carbocycles. The van der Waals surface area contributed by atoms with Crippen LogP contribution in [0.25, 0.3) is 0 Å². The highest BCUT2D eigenvalue weighted by Gasteiger charge is 2.37. The third-order valence-corrected chi connectivity index (χ3v) is 5.75. The molecule has 0 saturated heterocycles. The summed E-state index contributed by atoms with van der Waals surface area (Å²) in [4.78, 5) is 36.1. The molecule has 160 valence electrons. The largest absolute Gasteiger partial charge is 0.298 e. The maximum absolute atomic E-state index is 12.2. The Bertz CT molecular complexity index is 474. The average Bonchev–Trinajstić information content (AvgIpc) is 2.64. The standard InChI is InChI=1S/C25H42O3/c1-3-4-5-6-7-8-9-10-11-12-13-14-15-16-17-18-22(26)25-23(27)19-21(2)20-24(25)28/h10-11,21,25H,3-9,12-20H2,1-2H3/b11-10-. The molecule has 0 bridgehead atoms. The molecule has 0 aromatic rings. The Morgan fingerprint density at radius 3 is 1.79 bits per heavy atom. The molecule has 0 aromatic heterocycles. The lowest BCUT2D eigenvalue weighted by molar-refractivity contribution is -0.143. The van der Waals surface area contributed by atoms with Crippen LogP contribution in [-0.4, -0.2) is 17.3 Å². The van der Waals surface area contributed by atoms with Crippen molar-refractivity contribution in [1.82, 2.24) is 0 Å². The van der Waals surface area contributed by atoms with Gasteiger partial charge in [-0.25, -0.2) is 0 Å². The quantitative estimate of drug-likeness (QED) is 0.166. The fourth-order valence-corrected chi connectivity index (χ4v) is 4.05. The Balaban J connectivity index is 1.95. The van der Waals surface area contributed by atoms with Crippen molar-refractivity contribution in [2.75, 3.05) is 0 Å². The topological polar surface area (TPSA) is 51.2 Å². The van der Waals surface area contributed by atoms with Crippen LogP contribution in [0.15, 0.2) is 12.2 Å². The van der Waals surface area contributed by atoms with E-state index >= 15 is 0 Å². The minimum atomic E-state index is -0.937. The van der Waals surface area contributed by atoms with Gasteiger partial charge < -0.3 is 0 Å². The second kappa shape index (κ2) is 15.6. The first-order valence-electron chi connectivity index (χ1n) is 11.8. The van der Waals surface area contributed by atoms with Crippen LogP contribution in [0.3, 0.4) is 0 Å². The van der Waals surface area contributed by atoms with Gasteiger partial charge in [0.15, 0.2) is 17.3 Å². The molecule has 0 radical (unpaired) electrons. The van der Waals surface area contributed by atoms with Crippen LogP contribution in [0.1, 0.15) is 117 Å². The molecule has 0 N–H and O–H groups in total. The highest BCUT2D eigenvalue weighted by atomic mass is 16.2. The smallest absolute Gasteiger partial charge is 0.151 e. The second-order valence-corrected chi connectivity index (χ2v) is 8.68. The predicted molar refractivity (Wildman–Crippen MR) is 116 cm³/mol. The lowest BCUT2D eigenvalue weighted by Crippen LogP contribution is -2.37. The van der Waals surface area contributed by atoms with Gasteiger partial charge in [-0.1, -0.05) is 77.4 Å². The van der Waals surface area contributed by atoms with Gasteiger partial charge in [0.25, 0.3) is 0 Å². The number of carbonyl (C=O) groups excluding carboxylic acids is 3. The van der Waals surface area contributed by atoms with Crippen molar-refractivity contribution >= 4 is 17.3 Å².